The van der Waals surface area contributed by atoms with Gasteiger partial charge in [0.2, 0.25) is 0 Å². The third kappa shape index (κ3) is 2.55. The second-order valence-corrected chi connectivity index (χ2v) is 7.27. The van der Waals surface area contributed by atoms with E-state index in [9.17, 15) is 4.79 Å². The average Bonchev–Trinajstić information content (AvgIpc) is 2.91. The molecule has 0 fully saturated rings. The van der Waals surface area contributed by atoms with Gasteiger partial charge in [0.15, 0.2) is 0 Å². The molecule has 4 rings (SSSR count). The molecule has 0 bridgehead atoms. The maximum Gasteiger partial charge on any atom is 0.270 e. The van der Waals surface area contributed by atoms with Crippen LogP contribution in [0, 0.1) is 0 Å². The Bertz CT molecular complexity index is 914. The first-order valence-electron chi connectivity index (χ1n) is 8.25. The van der Waals surface area contributed by atoms with Crippen molar-refractivity contribution in [3.63, 3.8) is 0 Å². The zero-order valence-corrected chi connectivity index (χ0v) is 15.2. The summed E-state index contributed by atoms with van der Waals surface area (Å²) in [5.41, 5.74) is 4.51. The average molecular weight is 383 g/mol. The topological polar surface area (TPSA) is 25.2 Å². The summed E-state index contributed by atoms with van der Waals surface area (Å²) in [6.45, 7) is 1.60. The van der Waals surface area contributed by atoms with Gasteiger partial charge in [0.25, 0.3) is 5.91 Å². The zero-order valence-electron chi connectivity index (χ0n) is 13.6. The van der Waals surface area contributed by atoms with Crippen LogP contribution in [-0.4, -0.2) is 29.0 Å². The van der Waals surface area contributed by atoms with Gasteiger partial charge in [-0.2, -0.15) is 0 Å². The van der Waals surface area contributed by atoms with Gasteiger partial charge in [0, 0.05) is 35.5 Å². The first-order chi connectivity index (χ1) is 11.6. The van der Waals surface area contributed by atoms with Gasteiger partial charge < -0.3 is 9.47 Å². The number of aryl methyl sites for hydroxylation is 2. The number of aromatic nitrogens is 1. The van der Waals surface area contributed by atoms with E-state index >= 15 is 0 Å². The van der Waals surface area contributed by atoms with E-state index in [0.717, 1.165) is 41.6 Å². The normalized spacial score (nSPS) is 14.2. The third-order valence-corrected chi connectivity index (χ3v) is 5.34. The van der Waals surface area contributed by atoms with Crippen LogP contribution in [0.3, 0.4) is 0 Å². The van der Waals surface area contributed by atoms with E-state index in [0.29, 0.717) is 0 Å². The SMILES string of the molecule is CN1CCc2c(n(CCc3ccccc3)c3ccc(Br)cc23)C1=O. The molecule has 2 heterocycles. The van der Waals surface area contributed by atoms with Crippen molar-refractivity contribution in [3.05, 3.63) is 69.8 Å². The van der Waals surface area contributed by atoms with E-state index in [4.69, 9.17) is 0 Å². The van der Waals surface area contributed by atoms with E-state index in [1.807, 2.05) is 18.0 Å². The largest absolute Gasteiger partial charge is 0.340 e. The minimum absolute atomic E-state index is 0.136. The Morgan fingerprint density at radius 2 is 1.92 bits per heavy atom. The second kappa shape index (κ2) is 6.10. The van der Waals surface area contributed by atoms with E-state index in [1.54, 1.807) is 0 Å². The molecule has 2 aromatic carbocycles. The van der Waals surface area contributed by atoms with Gasteiger partial charge in [-0.25, -0.2) is 0 Å². The number of nitrogens with zero attached hydrogens (tertiary/aromatic N) is 2. The molecule has 4 heteroatoms. The summed E-state index contributed by atoms with van der Waals surface area (Å²) in [6.07, 6.45) is 1.84. The highest BCUT2D eigenvalue weighted by atomic mass is 79.9. The van der Waals surface area contributed by atoms with Gasteiger partial charge in [0.1, 0.15) is 5.69 Å². The zero-order chi connectivity index (χ0) is 16.7. The van der Waals surface area contributed by atoms with Crippen molar-refractivity contribution < 1.29 is 4.79 Å². The van der Waals surface area contributed by atoms with E-state index in [1.165, 1.54) is 16.5 Å². The van der Waals surface area contributed by atoms with Gasteiger partial charge in [-0.1, -0.05) is 46.3 Å². The number of carbonyl (C=O) groups excluding carboxylic acids is 1. The van der Waals surface area contributed by atoms with Crippen LogP contribution in [-0.2, 0) is 19.4 Å². The van der Waals surface area contributed by atoms with Crippen molar-refractivity contribution in [2.75, 3.05) is 13.6 Å². The quantitative estimate of drug-likeness (QED) is 0.663. The summed E-state index contributed by atoms with van der Waals surface area (Å²) in [5, 5.41) is 1.20. The Balaban J connectivity index is 1.83. The highest BCUT2D eigenvalue weighted by Crippen LogP contribution is 2.32. The number of fused-ring (bicyclic) bond motifs is 3. The molecule has 1 amide bonds. The molecule has 0 spiro atoms. The lowest BCUT2D eigenvalue weighted by Gasteiger charge is -2.24. The van der Waals surface area contributed by atoms with Crippen molar-refractivity contribution in [1.82, 2.24) is 9.47 Å². The molecule has 3 aromatic rings. The van der Waals surface area contributed by atoms with Gasteiger partial charge in [-0.3, -0.25) is 4.79 Å². The van der Waals surface area contributed by atoms with Crippen molar-refractivity contribution >= 4 is 32.7 Å². The van der Waals surface area contributed by atoms with E-state index in [2.05, 4.69) is 63.0 Å². The van der Waals surface area contributed by atoms with Gasteiger partial charge in [-0.05, 0) is 42.2 Å². The third-order valence-electron chi connectivity index (χ3n) is 4.84. The van der Waals surface area contributed by atoms with Crippen molar-refractivity contribution in [2.24, 2.45) is 0 Å². The molecule has 3 nitrogen and oxygen atoms in total. The molecule has 1 aliphatic heterocycles. The Morgan fingerprint density at radius 3 is 2.71 bits per heavy atom. The number of likely N-dealkylation sites (N-methyl/N-ethyl adjacent to an activating group) is 1. The van der Waals surface area contributed by atoms with Crippen LogP contribution in [0.2, 0.25) is 0 Å². The fourth-order valence-electron chi connectivity index (χ4n) is 3.57. The predicted octanol–water partition coefficient (Wildman–Crippen LogP) is 4.27. The maximum absolute atomic E-state index is 12.8. The minimum atomic E-state index is 0.136. The number of hydrogen-bond donors (Lipinski definition) is 0. The van der Waals surface area contributed by atoms with Crippen molar-refractivity contribution in [2.45, 2.75) is 19.4 Å². The molecule has 122 valence electrons. The molecule has 0 atom stereocenters. The minimum Gasteiger partial charge on any atom is -0.340 e. The summed E-state index contributed by atoms with van der Waals surface area (Å²) in [6, 6.07) is 16.8. The smallest absolute Gasteiger partial charge is 0.270 e. The van der Waals surface area contributed by atoms with E-state index < -0.39 is 0 Å². The summed E-state index contributed by atoms with van der Waals surface area (Å²) in [7, 11) is 1.89. The first kappa shape index (κ1) is 15.5. The Hall–Kier alpha value is -2.07. The summed E-state index contributed by atoms with van der Waals surface area (Å²) in [4.78, 5) is 14.6. The Kier molecular flexibility index (Phi) is 3.93. The fraction of sp³-hybridized carbons (Fsp3) is 0.250. The number of carbonyl (C=O) groups is 1. The maximum atomic E-state index is 12.8. The molecule has 0 unspecified atom stereocenters. The molecule has 24 heavy (non-hydrogen) atoms. The molecular formula is C20H19BrN2O. The van der Waals surface area contributed by atoms with Crippen LogP contribution >= 0.6 is 15.9 Å². The van der Waals surface area contributed by atoms with Crippen LogP contribution < -0.4 is 0 Å². The monoisotopic (exact) mass is 382 g/mol. The highest BCUT2D eigenvalue weighted by Gasteiger charge is 2.28. The number of amides is 1. The number of rotatable bonds is 3. The molecule has 0 saturated carbocycles. The van der Waals surface area contributed by atoms with Crippen LogP contribution in [0.1, 0.15) is 21.6 Å². The lowest BCUT2D eigenvalue weighted by Crippen LogP contribution is -2.35. The summed E-state index contributed by atoms with van der Waals surface area (Å²) >= 11 is 3.57. The van der Waals surface area contributed by atoms with Crippen LogP contribution in [0.5, 0.6) is 0 Å². The Labute approximate surface area is 150 Å². The molecule has 0 saturated heterocycles. The molecule has 0 radical (unpaired) electrons. The van der Waals surface area contributed by atoms with E-state index in [-0.39, 0.29) is 5.91 Å². The Morgan fingerprint density at radius 1 is 1.12 bits per heavy atom. The summed E-state index contributed by atoms with van der Waals surface area (Å²) < 4.78 is 3.27. The van der Waals surface area contributed by atoms with Crippen LogP contribution in [0.4, 0.5) is 0 Å². The lowest BCUT2D eigenvalue weighted by molar-refractivity contribution is 0.0770. The standard InChI is InChI=1S/C20H19BrN2O/c1-22-11-10-16-17-13-15(21)7-8-18(17)23(19(16)20(22)24)12-9-14-5-3-2-4-6-14/h2-8,13H,9-12H2,1H3. The van der Waals surface area contributed by atoms with Gasteiger partial charge >= 0.3 is 0 Å². The molecule has 1 aromatic heterocycles. The van der Waals surface area contributed by atoms with Crippen LogP contribution in [0.15, 0.2) is 53.0 Å². The highest BCUT2D eigenvalue weighted by molar-refractivity contribution is 9.10. The van der Waals surface area contributed by atoms with Gasteiger partial charge in [0.05, 0.1) is 0 Å². The van der Waals surface area contributed by atoms with Crippen LogP contribution in [0.25, 0.3) is 10.9 Å². The van der Waals surface area contributed by atoms with Gasteiger partial charge in [-0.15, -0.1) is 0 Å². The second-order valence-electron chi connectivity index (χ2n) is 6.35. The van der Waals surface area contributed by atoms with Crippen molar-refractivity contribution in [1.29, 1.82) is 0 Å². The molecule has 0 aliphatic carbocycles. The molecule has 0 N–H and O–H groups in total. The lowest BCUT2D eigenvalue weighted by atomic mass is 10.0. The summed E-state index contributed by atoms with van der Waals surface area (Å²) in [5.74, 6) is 0.136. The molecule has 1 aliphatic rings. The molecular weight excluding hydrogens is 364 g/mol. The predicted molar refractivity (Wildman–Crippen MR) is 100 cm³/mol. The first-order valence-corrected chi connectivity index (χ1v) is 9.04. The van der Waals surface area contributed by atoms with Crippen molar-refractivity contribution in [3.8, 4) is 0 Å². The number of hydrogen-bond acceptors (Lipinski definition) is 1. The number of halogens is 1. The number of benzene rings is 2. The fourth-order valence-corrected chi connectivity index (χ4v) is 3.93.